The molecule has 7 heteroatoms. The SMILES string of the molecule is Cc1nn(-c2ccc(Br)cc2/C(N)=N/O)c(C)c1Cl. The maximum atomic E-state index is 8.87. The van der Waals surface area contributed by atoms with Gasteiger partial charge < -0.3 is 10.9 Å². The third-order valence-corrected chi connectivity index (χ3v) is 3.81. The number of aryl methyl sites for hydroxylation is 1. The van der Waals surface area contributed by atoms with Gasteiger partial charge in [0.05, 0.1) is 22.1 Å². The zero-order valence-corrected chi connectivity index (χ0v) is 12.7. The second-order valence-corrected chi connectivity index (χ2v) is 5.34. The third kappa shape index (κ3) is 2.46. The molecule has 2 rings (SSSR count). The molecular weight excluding hydrogens is 332 g/mol. The van der Waals surface area contributed by atoms with E-state index in [0.29, 0.717) is 16.3 Å². The fourth-order valence-corrected chi connectivity index (χ4v) is 2.29. The number of rotatable bonds is 2. The van der Waals surface area contributed by atoms with E-state index in [1.54, 1.807) is 10.7 Å². The van der Waals surface area contributed by atoms with Crippen LogP contribution >= 0.6 is 27.5 Å². The maximum absolute atomic E-state index is 8.87. The summed E-state index contributed by atoms with van der Waals surface area (Å²) >= 11 is 9.50. The third-order valence-electron chi connectivity index (χ3n) is 2.77. The summed E-state index contributed by atoms with van der Waals surface area (Å²) in [6, 6.07) is 5.44. The Bertz CT molecular complexity index is 666. The van der Waals surface area contributed by atoms with Crippen LogP contribution in [0.5, 0.6) is 0 Å². The van der Waals surface area contributed by atoms with Crippen LogP contribution in [0.3, 0.4) is 0 Å². The summed E-state index contributed by atoms with van der Waals surface area (Å²) in [5, 5.41) is 16.9. The molecule has 19 heavy (non-hydrogen) atoms. The smallest absolute Gasteiger partial charge is 0.172 e. The predicted octanol–water partition coefficient (Wildman–Crippen LogP) is 3.00. The summed E-state index contributed by atoms with van der Waals surface area (Å²) in [6.07, 6.45) is 0. The number of hydrogen-bond donors (Lipinski definition) is 2. The Morgan fingerprint density at radius 2 is 2.16 bits per heavy atom. The van der Waals surface area contributed by atoms with Crippen LogP contribution in [0.25, 0.3) is 5.69 Å². The molecule has 0 aliphatic carbocycles. The van der Waals surface area contributed by atoms with Crippen molar-refractivity contribution in [3.63, 3.8) is 0 Å². The normalized spacial score (nSPS) is 11.9. The molecule has 0 bridgehead atoms. The predicted molar refractivity (Wildman–Crippen MR) is 78.3 cm³/mol. The second kappa shape index (κ2) is 5.22. The molecule has 3 N–H and O–H groups in total. The summed E-state index contributed by atoms with van der Waals surface area (Å²) in [4.78, 5) is 0. The van der Waals surface area contributed by atoms with E-state index in [-0.39, 0.29) is 5.84 Å². The first kappa shape index (κ1) is 13.9. The van der Waals surface area contributed by atoms with Crippen molar-refractivity contribution >= 4 is 33.4 Å². The van der Waals surface area contributed by atoms with Crippen molar-refractivity contribution in [2.75, 3.05) is 0 Å². The number of hydrogen-bond acceptors (Lipinski definition) is 3. The highest BCUT2D eigenvalue weighted by Crippen LogP contribution is 2.26. The zero-order chi connectivity index (χ0) is 14.2. The summed E-state index contributed by atoms with van der Waals surface area (Å²) in [7, 11) is 0. The van der Waals surface area contributed by atoms with Crippen LogP contribution in [-0.4, -0.2) is 20.8 Å². The fourth-order valence-electron chi connectivity index (χ4n) is 1.81. The van der Waals surface area contributed by atoms with Gasteiger partial charge in [-0.15, -0.1) is 0 Å². The lowest BCUT2D eigenvalue weighted by molar-refractivity contribution is 0.318. The number of benzene rings is 1. The average Bonchev–Trinajstić information content (AvgIpc) is 2.65. The van der Waals surface area contributed by atoms with Gasteiger partial charge in [-0.05, 0) is 32.0 Å². The van der Waals surface area contributed by atoms with E-state index in [2.05, 4.69) is 26.2 Å². The largest absolute Gasteiger partial charge is 0.409 e. The van der Waals surface area contributed by atoms with Crippen LogP contribution in [0, 0.1) is 13.8 Å². The number of nitrogens with zero attached hydrogens (tertiary/aromatic N) is 3. The van der Waals surface area contributed by atoms with E-state index in [1.165, 1.54) is 0 Å². The van der Waals surface area contributed by atoms with Gasteiger partial charge in [-0.2, -0.15) is 5.10 Å². The van der Waals surface area contributed by atoms with Crippen molar-refractivity contribution in [2.24, 2.45) is 10.9 Å². The molecule has 0 aliphatic heterocycles. The Labute approximate surface area is 123 Å². The van der Waals surface area contributed by atoms with Gasteiger partial charge in [0.2, 0.25) is 0 Å². The monoisotopic (exact) mass is 342 g/mol. The summed E-state index contributed by atoms with van der Waals surface area (Å²) in [6.45, 7) is 3.69. The van der Waals surface area contributed by atoms with Gasteiger partial charge in [0, 0.05) is 10.0 Å². The molecule has 0 fully saturated rings. The molecule has 0 unspecified atom stereocenters. The van der Waals surface area contributed by atoms with Crippen molar-refractivity contribution in [1.29, 1.82) is 0 Å². The Balaban J connectivity index is 2.72. The van der Waals surface area contributed by atoms with E-state index >= 15 is 0 Å². The number of oxime groups is 1. The summed E-state index contributed by atoms with van der Waals surface area (Å²) in [5.41, 5.74) is 8.50. The van der Waals surface area contributed by atoms with Gasteiger partial charge in [0.1, 0.15) is 0 Å². The van der Waals surface area contributed by atoms with Crippen LogP contribution in [0.4, 0.5) is 0 Å². The molecule has 1 aromatic heterocycles. The van der Waals surface area contributed by atoms with Crippen molar-refractivity contribution in [1.82, 2.24) is 9.78 Å². The highest BCUT2D eigenvalue weighted by molar-refractivity contribution is 9.10. The number of aromatic nitrogens is 2. The molecule has 0 saturated heterocycles. The molecule has 0 spiro atoms. The summed E-state index contributed by atoms with van der Waals surface area (Å²) < 4.78 is 2.50. The minimum Gasteiger partial charge on any atom is -0.409 e. The number of nitrogens with two attached hydrogens (primary N) is 1. The first-order chi connectivity index (χ1) is 8.95. The van der Waals surface area contributed by atoms with Crippen LogP contribution in [-0.2, 0) is 0 Å². The van der Waals surface area contributed by atoms with Gasteiger partial charge in [0.15, 0.2) is 5.84 Å². The van der Waals surface area contributed by atoms with Crippen molar-refractivity contribution in [2.45, 2.75) is 13.8 Å². The zero-order valence-electron chi connectivity index (χ0n) is 10.4. The standard InChI is InChI=1S/C12H12BrClN4O/c1-6-11(14)7(2)18(16-6)10-4-3-8(13)5-9(10)12(15)17-19/h3-5,19H,1-2H3,(H2,15,17). The topological polar surface area (TPSA) is 76.4 Å². The molecule has 100 valence electrons. The minimum atomic E-state index is 0.0139. The van der Waals surface area contributed by atoms with Gasteiger partial charge >= 0.3 is 0 Å². The molecule has 0 saturated carbocycles. The first-order valence-corrected chi connectivity index (χ1v) is 6.62. The highest BCUT2D eigenvalue weighted by atomic mass is 79.9. The van der Waals surface area contributed by atoms with E-state index in [1.807, 2.05) is 26.0 Å². The van der Waals surface area contributed by atoms with Crippen LogP contribution in [0.1, 0.15) is 17.0 Å². The number of amidine groups is 1. The van der Waals surface area contributed by atoms with E-state index in [4.69, 9.17) is 22.5 Å². The molecule has 0 amide bonds. The second-order valence-electron chi connectivity index (χ2n) is 4.04. The van der Waals surface area contributed by atoms with Crippen molar-refractivity contribution in [3.8, 4) is 5.69 Å². The first-order valence-electron chi connectivity index (χ1n) is 5.45. The van der Waals surface area contributed by atoms with Gasteiger partial charge in [-0.25, -0.2) is 4.68 Å². The molecule has 5 nitrogen and oxygen atoms in total. The van der Waals surface area contributed by atoms with Crippen LogP contribution in [0.15, 0.2) is 27.8 Å². The average molecular weight is 344 g/mol. The van der Waals surface area contributed by atoms with Gasteiger partial charge in [-0.1, -0.05) is 32.7 Å². The number of halogens is 2. The fraction of sp³-hybridized carbons (Fsp3) is 0.167. The Morgan fingerprint density at radius 1 is 1.47 bits per heavy atom. The Hall–Kier alpha value is -1.53. The molecule has 0 radical (unpaired) electrons. The highest BCUT2D eigenvalue weighted by Gasteiger charge is 2.15. The Kier molecular flexibility index (Phi) is 3.82. The van der Waals surface area contributed by atoms with Crippen LogP contribution in [0.2, 0.25) is 5.02 Å². The van der Waals surface area contributed by atoms with Gasteiger partial charge in [0.25, 0.3) is 0 Å². The van der Waals surface area contributed by atoms with Crippen molar-refractivity contribution < 1.29 is 5.21 Å². The lowest BCUT2D eigenvalue weighted by atomic mass is 10.1. The molecule has 0 aliphatic rings. The molecule has 2 aromatic rings. The van der Waals surface area contributed by atoms with Crippen molar-refractivity contribution in [3.05, 3.63) is 44.6 Å². The maximum Gasteiger partial charge on any atom is 0.172 e. The lowest BCUT2D eigenvalue weighted by Gasteiger charge is -2.10. The van der Waals surface area contributed by atoms with Gasteiger partial charge in [-0.3, -0.25) is 0 Å². The van der Waals surface area contributed by atoms with E-state index in [0.717, 1.165) is 15.9 Å². The Morgan fingerprint density at radius 3 is 2.68 bits per heavy atom. The minimum absolute atomic E-state index is 0.0139. The van der Waals surface area contributed by atoms with E-state index in [9.17, 15) is 0 Å². The molecule has 1 heterocycles. The van der Waals surface area contributed by atoms with Crippen LogP contribution < -0.4 is 5.73 Å². The molecule has 0 atom stereocenters. The summed E-state index contributed by atoms with van der Waals surface area (Å²) in [5.74, 6) is 0.0139. The molecule has 1 aromatic carbocycles. The lowest BCUT2D eigenvalue weighted by Crippen LogP contribution is -2.17. The van der Waals surface area contributed by atoms with E-state index < -0.39 is 0 Å². The molecular formula is C12H12BrClN4O. The quantitative estimate of drug-likeness (QED) is 0.381.